The molecule has 1 atom stereocenters. The van der Waals surface area contributed by atoms with Gasteiger partial charge in [-0.2, -0.15) is 0 Å². The smallest absolute Gasteiger partial charge is 0.239 e. The summed E-state index contributed by atoms with van der Waals surface area (Å²) < 4.78 is 0. The number of nitrogens with zero attached hydrogens (tertiary/aromatic N) is 1. The van der Waals surface area contributed by atoms with Crippen LogP contribution >= 0.6 is 0 Å². The van der Waals surface area contributed by atoms with Crippen LogP contribution < -0.4 is 11.1 Å². The molecule has 0 radical (unpaired) electrons. The first-order valence-electron chi connectivity index (χ1n) is 6.96. The Bertz CT molecular complexity index is 320. The van der Waals surface area contributed by atoms with Crippen LogP contribution in [-0.2, 0) is 9.59 Å². The molecule has 1 aliphatic carbocycles. The number of piperidine rings is 1. The van der Waals surface area contributed by atoms with Crippen molar-refractivity contribution in [2.75, 3.05) is 13.1 Å². The molecule has 5 nitrogen and oxygen atoms in total. The predicted molar refractivity (Wildman–Crippen MR) is 68.7 cm³/mol. The third-order valence-corrected chi connectivity index (χ3v) is 3.86. The van der Waals surface area contributed by atoms with Crippen molar-refractivity contribution in [3.05, 3.63) is 0 Å². The number of amides is 2. The van der Waals surface area contributed by atoms with Gasteiger partial charge in [0, 0.05) is 25.0 Å². The lowest BCUT2D eigenvalue weighted by atomic mass is 10.0. The summed E-state index contributed by atoms with van der Waals surface area (Å²) in [6.45, 7) is 3.34. The van der Waals surface area contributed by atoms with E-state index in [9.17, 15) is 9.59 Å². The highest BCUT2D eigenvalue weighted by molar-refractivity contribution is 5.82. The lowest BCUT2D eigenvalue weighted by Crippen LogP contribution is -2.51. The van der Waals surface area contributed by atoms with E-state index in [-0.39, 0.29) is 29.8 Å². The fourth-order valence-electron chi connectivity index (χ4n) is 2.32. The van der Waals surface area contributed by atoms with Crippen molar-refractivity contribution in [2.45, 2.75) is 51.1 Å². The number of hydrogen-bond donors (Lipinski definition) is 2. The van der Waals surface area contributed by atoms with Gasteiger partial charge in [-0.1, -0.05) is 6.92 Å². The first-order chi connectivity index (χ1) is 8.61. The number of carbonyl (C=O) groups is 2. The summed E-state index contributed by atoms with van der Waals surface area (Å²) >= 11 is 0. The lowest BCUT2D eigenvalue weighted by Gasteiger charge is -2.33. The molecule has 2 rings (SSSR count). The minimum Gasteiger partial charge on any atom is -0.353 e. The fraction of sp³-hybridized carbons (Fsp3) is 0.846. The number of hydrogen-bond acceptors (Lipinski definition) is 3. The van der Waals surface area contributed by atoms with Gasteiger partial charge in [-0.05, 0) is 32.1 Å². The van der Waals surface area contributed by atoms with Crippen molar-refractivity contribution in [3.63, 3.8) is 0 Å². The highest BCUT2D eigenvalue weighted by Crippen LogP contribution is 2.29. The van der Waals surface area contributed by atoms with E-state index in [1.807, 2.05) is 11.8 Å². The van der Waals surface area contributed by atoms with Crippen LogP contribution in [0.2, 0.25) is 0 Å². The van der Waals surface area contributed by atoms with Crippen LogP contribution in [0, 0.1) is 5.92 Å². The van der Waals surface area contributed by atoms with E-state index >= 15 is 0 Å². The first kappa shape index (κ1) is 13.3. The van der Waals surface area contributed by atoms with Crippen molar-refractivity contribution in [3.8, 4) is 0 Å². The van der Waals surface area contributed by atoms with Gasteiger partial charge in [0.1, 0.15) is 0 Å². The van der Waals surface area contributed by atoms with Gasteiger partial charge >= 0.3 is 0 Å². The van der Waals surface area contributed by atoms with Crippen LogP contribution in [0.5, 0.6) is 0 Å². The molecule has 1 saturated heterocycles. The normalized spacial score (nSPS) is 22.7. The van der Waals surface area contributed by atoms with Gasteiger partial charge in [-0.15, -0.1) is 0 Å². The Labute approximate surface area is 108 Å². The third kappa shape index (κ3) is 3.22. The molecule has 0 aromatic heterocycles. The van der Waals surface area contributed by atoms with Crippen molar-refractivity contribution in [1.82, 2.24) is 10.2 Å². The zero-order valence-corrected chi connectivity index (χ0v) is 11.0. The van der Waals surface area contributed by atoms with E-state index in [4.69, 9.17) is 5.73 Å². The topological polar surface area (TPSA) is 75.4 Å². The molecule has 0 bridgehead atoms. The molecule has 2 fully saturated rings. The molecular formula is C13H23N3O2. The Morgan fingerprint density at radius 1 is 1.28 bits per heavy atom. The third-order valence-electron chi connectivity index (χ3n) is 3.86. The molecule has 1 aliphatic heterocycles. The highest BCUT2D eigenvalue weighted by atomic mass is 16.2. The summed E-state index contributed by atoms with van der Waals surface area (Å²) in [4.78, 5) is 25.3. The predicted octanol–water partition coefficient (Wildman–Crippen LogP) is 0.241. The maximum atomic E-state index is 11.9. The Kier molecular flexibility index (Phi) is 4.22. The Balaban J connectivity index is 1.73. The van der Waals surface area contributed by atoms with Gasteiger partial charge in [-0.3, -0.25) is 9.59 Å². The molecule has 18 heavy (non-hydrogen) atoms. The first-order valence-corrected chi connectivity index (χ1v) is 6.96. The molecular weight excluding hydrogens is 230 g/mol. The Morgan fingerprint density at radius 3 is 2.39 bits per heavy atom. The molecule has 1 unspecified atom stereocenters. The summed E-state index contributed by atoms with van der Waals surface area (Å²) in [5.41, 5.74) is 5.75. The number of likely N-dealkylation sites (tertiary alicyclic amines) is 1. The van der Waals surface area contributed by atoms with Gasteiger partial charge in [0.25, 0.3) is 0 Å². The molecule has 2 amide bonds. The maximum absolute atomic E-state index is 11.9. The molecule has 102 valence electrons. The summed E-state index contributed by atoms with van der Waals surface area (Å²) in [6, 6.07) is -0.136. The molecule has 0 aromatic carbocycles. The zero-order valence-electron chi connectivity index (χ0n) is 11.0. The van der Waals surface area contributed by atoms with E-state index in [1.165, 1.54) is 0 Å². The minimum absolute atomic E-state index is 0.0458. The van der Waals surface area contributed by atoms with Crippen LogP contribution in [0.3, 0.4) is 0 Å². The fourth-order valence-corrected chi connectivity index (χ4v) is 2.32. The number of carbonyl (C=O) groups excluding carboxylic acids is 2. The molecule has 2 aliphatic rings. The zero-order chi connectivity index (χ0) is 13.1. The summed E-state index contributed by atoms with van der Waals surface area (Å²) in [7, 11) is 0. The van der Waals surface area contributed by atoms with Crippen molar-refractivity contribution in [2.24, 2.45) is 11.7 Å². The van der Waals surface area contributed by atoms with E-state index in [2.05, 4.69) is 5.32 Å². The standard InChI is InChI=1S/C13H23N3O2/c1-2-11(14)13(18)16-7-5-10(6-8-16)15-12(17)9-3-4-9/h9-11H,2-8,14H2,1H3,(H,15,17). The average Bonchev–Trinajstić information content (AvgIpc) is 3.22. The average molecular weight is 253 g/mol. The minimum atomic E-state index is -0.373. The van der Waals surface area contributed by atoms with Gasteiger partial charge in [0.2, 0.25) is 11.8 Å². The van der Waals surface area contributed by atoms with Gasteiger partial charge in [0.05, 0.1) is 6.04 Å². The molecule has 0 aromatic rings. The van der Waals surface area contributed by atoms with Crippen LogP contribution in [0.25, 0.3) is 0 Å². The quantitative estimate of drug-likeness (QED) is 0.753. The number of nitrogens with two attached hydrogens (primary N) is 1. The van der Waals surface area contributed by atoms with E-state index in [1.54, 1.807) is 0 Å². The van der Waals surface area contributed by atoms with E-state index in [0.717, 1.165) is 25.7 Å². The summed E-state index contributed by atoms with van der Waals surface area (Å²) in [6.07, 6.45) is 4.45. The maximum Gasteiger partial charge on any atom is 0.239 e. The van der Waals surface area contributed by atoms with Crippen LogP contribution in [0.4, 0.5) is 0 Å². The summed E-state index contributed by atoms with van der Waals surface area (Å²) in [5, 5.41) is 3.08. The van der Waals surface area contributed by atoms with Crippen molar-refractivity contribution < 1.29 is 9.59 Å². The molecule has 3 N–H and O–H groups in total. The monoisotopic (exact) mass is 253 g/mol. The summed E-state index contributed by atoms with van der Waals surface area (Å²) in [5.74, 6) is 0.507. The Hall–Kier alpha value is -1.10. The van der Waals surface area contributed by atoms with Gasteiger partial charge in [0.15, 0.2) is 0 Å². The number of rotatable bonds is 4. The van der Waals surface area contributed by atoms with Crippen molar-refractivity contribution >= 4 is 11.8 Å². The molecule has 1 heterocycles. The molecule has 1 saturated carbocycles. The second-order valence-electron chi connectivity index (χ2n) is 5.40. The van der Waals surface area contributed by atoms with Crippen LogP contribution in [0.15, 0.2) is 0 Å². The second kappa shape index (κ2) is 5.69. The van der Waals surface area contributed by atoms with Crippen LogP contribution in [-0.4, -0.2) is 41.9 Å². The Morgan fingerprint density at radius 2 is 1.89 bits per heavy atom. The van der Waals surface area contributed by atoms with Gasteiger partial charge < -0.3 is 16.0 Å². The molecule has 0 spiro atoms. The second-order valence-corrected chi connectivity index (χ2v) is 5.40. The lowest BCUT2D eigenvalue weighted by molar-refractivity contribution is -0.133. The number of nitrogens with one attached hydrogen (secondary N) is 1. The van der Waals surface area contributed by atoms with Crippen LogP contribution in [0.1, 0.15) is 39.0 Å². The largest absolute Gasteiger partial charge is 0.353 e. The van der Waals surface area contributed by atoms with Crippen molar-refractivity contribution in [1.29, 1.82) is 0 Å². The van der Waals surface area contributed by atoms with E-state index < -0.39 is 0 Å². The van der Waals surface area contributed by atoms with E-state index in [0.29, 0.717) is 19.5 Å². The SMILES string of the molecule is CCC(N)C(=O)N1CCC(NC(=O)C2CC2)CC1. The highest BCUT2D eigenvalue weighted by Gasteiger charge is 2.32. The molecule has 5 heteroatoms. The van der Waals surface area contributed by atoms with Gasteiger partial charge in [-0.25, -0.2) is 0 Å².